The summed E-state index contributed by atoms with van der Waals surface area (Å²) < 4.78 is 5.02. The number of ether oxygens (including phenoxy) is 1. The quantitative estimate of drug-likeness (QED) is 0.326. The van der Waals surface area contributed by atoms with Gasteiger partial charge in [-0.3, -0.25) is 4.79 Å². The highest BCUT2D eigenvalue weighted by Gasteiger charge is 2.04. The molecule has 6 heteroatoms. The molecule has 80 valence electrons. The average molecular weight is 216 g/mol. The number of rotatable bonds is 5. The summed E-state index contributed by atoms with van der Waals surface area (Å²) >= 11 is 0. The van der Waals surface area contributed by atoms with E-state index in [9.17, 15) is 4.79 Å². The number of nitriles is 1. The Bertz CT molecular complexity index is 455. The molecule has 0 saturated heterocycles. The Kier molecular flexibility index (Phi) is 4.38. The lowest BCUT2D eigenvalue weighted by atomic mass is 10.1. The van der Waals surface area contributed by atoms with Crippen molar-refractivity contribution in [1.82, 2.24) is 0 Å². The fourth-order valence-electron chi connectivity index (χ4n) is 1.04. The van der Waals surface area contributed by atoms with Gasteiger partial charge in [0.2, 0.25) is 0 Å². The minimum absolute atomic E-state index is 0.0357. The normalized spacial score (nSPS) is 8.69. The second-order valence-electron chi connectivity index (χ2n) is 2.78. The van der Waals surface area contributed by atoms with Gasteiger partial charge in [-0.05, 0) is 29.8 Å². The van der Waals surface area contributed by atoms with Crippen molar-refractivity contribution in [2.24, 2.45) is 5.11 Å². The van der Waals surface area contributed by atoms with Crippen LogP contribution in [0.3, 0.4) is 0 Å². The van der Waals surface area contributed by atoms with Crippen molar-refractivity contribution in [2.75, 3.05) is 13.2 Å². The molecular weight excluding hydrogens is 208 g/mol. The summed E-state index contributed by atoms with van der Waals surface area (Å²) in [6.45, 7) is -0.235. The Balaban J connectivity index is 2.67. The summed E-state index contributed by atoms with van der Waals surface area (Å²) in [5.74, 6) is 0.256. The van der Waals surface area contributed by atoms with Crippen molar-refractivity contribution in [3.63, 3.8) is 0 Å². The molecule has 0 aliphatic heterocycles. The molecule has 0 fully saturated rings. The van der Waals surface area contributed by atoms with Crippen molar-refractivity contribution < 1.29 is 9.53 Å². The van der Waals surface area contributed by atoms with E-state index in [0.29, 0.717) is 11.3 Å². The number of benzene rings is 1. The lowest BCUT2D eigenvalue weighted by molar-refractivity contribution is 0.100. The molecule has 1 aromatic rings. The van der Waals surface area contributed by atoms with E-state index in [1.165, 1.54) is 0 Å². The zero-order chi connectivity index (χ0) is 11.8. The number of nitrogens with zero attached hydrogens (tertiary/aromatic N) is 4. The van der Waals surface area contributed by atoms with Crippen LogP contribution >= 0.6 is 0 Å². The summed E-state index contributed by atoms with van der Waals surface area (Å²) in [4.78, 5) is 13.9. The summed E-state index contributed by atoms with van der Waals surface area (Å²) in [5.41, 5.74) is 8.50. The number of ketones is 1. The molecule has 0 aliphatic carbocycles. The highest BCUT2D eigenvalue weighted by atomic mass is 16.5. The van der Waals surface area contributed by atoms with Crippen LogP contribution in [-0.2, 0) is 0 Å². The van der Waals surface area contributed by atoms with Crippen molar-refractivity contribution in [1.29, 1.82) is 5.26 Å². The van der Waals surface area contributed by atoms with Gasteiger partial charge in [-0.1, -0.05) is 5.11 Å². The van der Waals surface area contributed by atoms with E-state index < -0.39 is 0 Å². The van der Waals surface area contributed by atoms with E-state index >= 15 is 0 Å². The number of azide groups is 1. The molecule has 0 bridgehead atoms. The lowest BCUT2D eigenvalue weighted by Crippen LogP contribution is -2.02. The summed E-state index contributed by atoms with van der Waals surface area (Å²) in [6, 6.07) is 8.12. The van der Waals surface area contributed by atoms with E-state index in [1.807, 2.05) is 6.07 Å². The molecule has 0 saturated carbocycles. The predicted octanol–water partition coefficient (Wildman–Crippen LogP) is 2.08. The van der Waals surface area contributed by atoms with Crippen LogP contribution in [0.15, 0.2) is 29.4 Å². The van der Waals surface area contributed by atoms with E-state index in [1.54, 1.807) is 24.3 Å². The Morgan fingerprint density at radius 3 is 2.75 bits per heavy atom. The van der Waals surface area contributed by atoms with Gasteiger partial charge < -0.3 is 4.74 Å². The first-order chi connectivity index (χ1) is 7.77. The summed E-state index contributed by atoms with van der Waals surface area (Å²) in [7, 11) is 0. The molecular formula is C10H8N4O2. The topological polar surface area (TPSA) is 98.8 Å². The number of hydrogen-bond donors (Lipinski definition) is 0. The fraction of sp³-hybridized carbons (Fsp3) is 0.200. The van der Waals surface area contributed by atoms with Crippen molar-refractivity contribution in [3.8, 4) is 11.8 Å². The van der Waals surface area contributed by atoms with Crippen LogP contribution in [-0.4, -0.2) is 18.9 Å². The minimum Gasteiger partial charge on any atom is -0.479 e. The van der Waals surface area contributed by atoms with Crippen LogP contribution in [0.4, 0.5) is 0 Å². The molecule has 16 heavy (non-hydrogen) atoms. The van der Waals surface area contributed by atoms with Gasteiger partial charge in [0.1, 0.15) is 11.8 Å². The summed E-state index contributed by atoms with van der Waals surface area (Å²) in [5, 5.41) is 11.5. The third-order valence-corrected chi connectivity index (χ3v) is 1.76. The van der Waals surface area contributed by atoms with Crippen LogP contribution in [0.2, 0.25) is 0 Å². The molecule has 0 aliphatic rings. The smallest absolute Gasteiger partial charge is 0.174 e. The standard InChI is InChI=1S/C10H8N4O2/c11-5-6-16-9-3-1-8(2-4-9)10(15)7-13-14-12/h1-4H,6-7H2. The predicted molar refractivity (Wildman–Crippen MR) is 55.9 cm³/mol. The van der Waals surface area contributed by atoms with Crippen LogP contribution in [0.5, 0.6) is 5.75 Å². The molecule has 0 spiro atoms. The minimum atomic E-state index is -0.260. The van der Waals surface area contributed by atoms with E-state index in [2.05, 4.69) is 10.0 Å². The molecule has 6 nitrogen and oxygen atoms in total. The third kappa shape index (κ3) is 3.33. The molecule has 0 N–H and O–H groups in total. The van der Waals surface area contributed by atoms with Gasteiger partial charge in [0.05, 0.1) is 6.54 Å². The molecule has 0 unspecified atom stereocenters. The number of hydrogen-bond acceptors (Lipinski definition) is 4. The van der Waals surface area contributed by atoms with Gasteiger partial charge in [-0.15, -0.1) is 0 Å². The van der Waals surface area contributed by atoms with Crippen LogP contribution in [0, 0.1) is 11.3 Å². The second kappa shape index (κ2) is 6.06. The van der Waals surface area contributed by atoms with Gasteiger partial charge in [-0.2, -0.15) is 5.26 Å². The van der Waals surface area contributed by atoms with E-state index in [4.69, 9.17) is 15.5 Å². The number of carbonyl (C=O) groups excluding carboxylic acids is 1. The van der Waals surface area contributed by atoms with Crippen LogP contribution in [0.1, 0.15) is 10.4 Å². The zero-order valence-electron chi connectivity index (χ0n) is 8.33. The average Bonchev–Trinajstić information content (AvgIpc) is 2.34. The molecule has 0 amide bonds. The van der Waals surface area contributed by atoms with Gasteiger partial charge in [-0.25, -0.2) is 0 Å². The first-order valence-corrected chi connectivity index (χ1v) is 4.42. The second-order valence-corrected chi connectivity index (χ2v) is 2.78. The van der Waals surface area contributed by atoms with Crippen molar-refractivity contribution in [3.05, 3.63) is 40.3 Å². The maximum atomic E-state index is 11.4. The highest BCUT2D eigenvalue weighted by Crippen LogP contribution is 2.12. The number of carbonyl (C=O) groups is 1. The van der Waals surface area contributed by atoms with Gasteiger partial charge in [0.15, 0.2) is 12.4 Å². The molecule has 1 rings (SSSR count). The first kappa shape index (κ1) is 11.6. The SMILES string of the molecule is N#CCOc1ccc(C(=O)CN=[N+]=[N-])cc1. The largest absolute Gasteiger partial charge is 0.479 e. The van der Waals surface area contributed by atoms with Crippen LogP contribution in [0.25, 0.3) is 10.4 Å². The molecule has 0 atom stereocenters. The molecule has 0 aromatic heterocycles. The van der Waals surface area contributed by atoms with Crippen molar-refractivity contribution in [2.45, 2.75) is 0 Å². The third-order valence-electron chi connectivity index (χ3n) is 1.76. The lowest BCUT2D eigenvalue weighted by Gasteiger charge is -2.02. The highest BCUT2D eigenvalue weighted by molar-refractivity contribution is 5.97. The van der Waals surface area contributed by atoms with E-state index in [0.717, 1.165) is 0 Å². The van der Waals surface area contributed by atoms with Gasteiger partial charge in [0.25, 0.3) is 0 Å². The maximum Gasteiger partial charge on any atom is 0.174 e. The zero-order valence-corrected chi connectivity index (χ0v) is 8.33. The monoisotopic (exact) mass is 216 g/mol. The van der Waals surface area contributed by atoms with E-state index in [-0.39, 0.29) is 18.9 Å². The van der Waals surface area contributed by atoms with Crippen LogP contribution < -0.4 is 4.74 Å². The Labute approximate surface area is 91.7 Å². The Morgan fingerprint density at radius 1 is 1.50 bits per heavy atom. The van der Waals surface area contributed by atoms with Gasteiger partial charge >= 0.3 is 0 Å². The van der Waals surface area contributed by atoms with Crippen molar-refractivity contribution >= 4 is 5.78 Å². The fourth-order valence-corrected chi connectivity index (χ4v) is 1.04. The molecule has 1 aromatic carbocycles. The first-order valence-electron chi connectivity index (χ1n) is 4.42. The number of Topliss-reactive ketones (excluding diaryl/α,β-unsaturated/α-hetero) is 1. The summed E-state index contributed by atoms with van der Waals surface area (Å²) in [6.07, 6.45) is 0. The Morgan fingerprint density at radius 2 is 2.19 bits per heavy atom. The molecule has 0 radical (unpaired) electrons. The Hall–Kier alpha value is -2.51. The molecule has 0 heterocycles. The maximum absolute atomic E-state index is 11.4. The van der Waals surface area contributed by atoms with Gasteiger partial charge in [0, 0.05) is 10.5 Å².